The van der Waals surface area contributed by atoms with Crippen LogP contribution in [0.25, 0.3) is 6.08 Å². The van der Waals surface area contributed by atoms with Gasteiger partial charge >= 0.3 is 0 Å². The Morgan fingerprint density at radius 2 is 2.15 bits per heavy atom. The highest BCUT2D eigenvalue weighted by Crippen LogP contribution is 2.38. The molecule has 0 saturated heterocycles. The van der Waals surface area contributed by atoms with Gasteiger partial charge in [0.1, 0.15) is 11.7 Å². The lowest BCUT2D eigenvalue weighted by atomic mass is 9.70. The quantitative estimate of drug-likeness (QED) is 0.488. The molecule has 0 unspecified atom stereocenters. The van der Waals surface area contributed by atoms with Crippen molar-refractivity contribution in [1.29, 1.82) is 0 Å². The molecule has 0 amide bonds. The Morgan fingerprint density at radius 1 is 1.45 bits per heavy atom. The monoisotopic (exact) mass is 294 g/mol. The Kier molecular flexibility index (Phi) is 3.95. The molecule has 0 aromatic carbocycles. The van der Waals surface area contributed by atoms with Crippen molar-refractivity contribution in [3.63, 3.8) is 0 Å². The maximum Gasteiger partial charge on any atom is 0.173 e. The van der Waals surface area contributed by atoms with Gasteiger partial charge in [-0.3, -0.25) is 14.4 Å². The highest BCUT2D eigenvalue weighted by Gasteiger charge is 2.48. The third kappa shape index (κ3) is 2.75. The summed E-state index contributed by atoms with van der Waals surface area (Å²) in [6.45, 7) is 3.50. The first-order valence-electron chi connectivity index (χ1n) is 6.29. The van der Waals surface area contributed by atoms with Crippen LogP contribution < -0.4 is 0 Å². The molecule has 1 aliphatic carbocycles. The van der Waals surface area contributed by atoms with Gasteiger partial charge in [-0.05, 0) is 29.7 Å². The third-order valence-corrected chi connectivity index (χ3v) is 4.22. The van der Waals surface area contributed by atoms with Crippen molar-refractivity contribution in [3.05, 3.63) is 30.2 Å². The molecule has 4 nitrogen and oxygen atoms in total. The van der Waals surface area contributed by atoms with Crippen LogP contribution in [0, 0.1) is 11.3 Å². The number of allylic oxidation sites excluding steroid dienone is 1. The lowest BCUT2D eigenvalue weighted by Crippen LogP contribution is -2.49. The molecule has 5 heteroatoms. The minimum Gasteiger partial charge on any atom is -0.465 e. The fourth-order valence-electron chi connectivity index (χ4n) is 2.28. The SMILES string of the molecule is CC1(C)CC(=O)[C@H](C(=O)/C=C/c2ccco2)C(=O)[C@@H]1Cl. The summed E-state index contributed by atoms with van der Waals surface area (Å²) in [5.74, 6) is -2.22. The summed E-state index contributed by atoms with van der Waals surface area (Å²) in [5.41, 5.74) is -0.614. The van der Waals surface area contributed by atoms with Gasteiger partial charge in [0.2, 0.25) is 0 Å². The van der Waals surface area contributed by atoms with E-state index in [9.17, 15) is 14.4 Å². The summed E-state index contributed by atoms with van der Waals surface area (Å²) in [5, 5.41) is -0.828. The fraction of sp³-hybridized carbons (Fsp3) is 0.400. The Balaban J connectivity index is 2.17. The average molecular weight is 295 g/mol. The standard InChI is InChI=1S/C15H15ClO4/c1-15(2)8-11(18)12(13(19)14(15)16)10(17)6-5-9-4-3-7-20-9/h3-7,12,14H,8H2,1-2H3/b6-5+/t12-,14-/m0/s1. The summed E-state index contributed by atoms with van der Waals surface area (Å²) < 4.78 is 5.04. The number of ketones is 3. The smallest absolute Gasteiger partial charge is 0.173 e. The summed E-state index contributed by atoms with van der Waals surface area (Å²) in [6, 6.07) is 3.35. The fourth-order valence-corrected chi connectivity index (χ4v) is 2.48. The van der Waals surface area contributed by atoms with Crippen LogP contribution in [0.2, 0.25) is 0 Å². The van der Waals surface area contributed by atoms with Crippen LogP contribution in [0.5, 0.6) is 0 Å². The Hall–Kier alpha value is -1.68. The van der Waals surface area contributed by atoms with Gasteiger partial charge in [0.25, 0.3) is 0 Å². The second-order valence-corrected chi connectivity index (χ2v) is 6.02. The van der Waals surface area contributed by atoms with E-state index < -0.39 is 28.3 Å². The van der Waals surface area contributed by atoms with Gasteiger partial charge in [0.05, 0.1) is 11.6 Å². The number of carbonyl (C=O) groups is 3. The summed E-state index contributed by atoms with van der Waals surface area (Å²) in [4.78, 5) is 36.2. The van der Waals surface area contributed by atoms with Crippen molar-refractivity contribution in [2.75, 3.05) is 0 Å². The summed E-state index contributed by atoms with van der Waals surface area (Å²) in [7, 11) is 0. The second-order valence-electron chi connectivity index (χ2n) is 5.58. The highest BCUT2D eigenvalue weighted by molar-refractivity contribution is 6.39. The third-order valence-electron chi connectivity index (χ3n) is 3.41. The minimum absolute atomic E-state index is 0.123. The van der Waals surface area contributed by atoms with Gasteiger partial charge in [-0.15, -0.1) is 11.6 Å². The molecule has 0 radical (unpaired) electrons. The predicted molar refractivity (Wildman–Crippen MR) is 74.3 cm³/mol. The maximum atomic E-state index is 12.1. The average Bonchev–Trinajstić information content (AvgIpc) is 2.86. The van der Waals surface area contributed by atoms with Crippen molar-refractivity contribution in [3.8, 4) is 0 Å². The van der Waals surface area contributed by atoms with Crippen molar-refractivity contribution in [2.45, 2.75) is 25.6 Å². The van der Waals surface area contributed by atoms with E-state index in [-0.39, 0.29) is 12.2 Å². The molecule has 1 aromatic rings. The molecule has 1 saturated carbocycles. The molecular weight excluding hydrogens is 280 g/mol. The summed E-state index contributed by atoms with van der Waals surface area (Å²) in [6.07, 6.45) is 4.23. The van der Waals surface area contributed by atoms with Gasteiger partial charge in [-0.2, -0.15) is 0 Å². The van der Waals surface area contributed by atoms with E-state index in [1.54, 1.807) is 26.0 Å². The number of carbonyl (C=O) groups excluding carboxylic acids is 3. The Bertz CT molecular complexity index is 569. The lowest BCUT2D eigenvalue weighted by Gasteiger charge is -2.35. The Morgan fingerprint density at radius 3 is 2.75 bits per heavy atom. The number of rotatable bonds is 3. The van der Waals surface area contributed by atoms with Crippen LogP contribution in [0.1, 0.15) is 26.0 Å². The first-order valence-corrected chi connectivity index (χ1v) is 6.72. The van der Waals surface area contributed by atoms with Crippen molar-refractivity contribution >= 4 is 35.0 Å². The number of hydrogen-bond acceptors (Lipinski definition) is 4. The van der Waals surface area contributed by atoms with Crippen LogP contribution in [0.4, 0.5) is 0 Å². The lowest BCUT2D eigenvalue weighted by molar-refractivity contribution is -0.143. The molecule has 2 rings (SSSR count). The molecule has 1 fully saturated rings. The van der Waals surface area contributed by atoms with E-state index in [2.05, 4.69) is 0 Å². The van der Waals surface area contributed by atoms with Gasteiger partial charge in [0.15, 0.2) is 17.3 Å². The van der Waals surface area contributed by atoms with E-state index in [0.29, 0.717) is 5.76 Å². The number of hydrogen-bond donors (Lipinski definition) is 0. The normalized spacial score (nSPS) is 26.1. The molecule has 0 bridgehead atoms. The Labute approximate surface area is 121 Å². The maximum absolute atomic E-state index is 12.1. The van der Waals surface area contributed by atoms with Gasteiger partial charge in [0, 0.05) is 6.42 Å². The van der Waals surface area contributed by atoms with E-state index >= 15 is 0 Å². The van der Waals surface area contributed by atoms with Gasteiger partial charge in [-0.25, -0.2) is 0 Å². The number of halogens is 1. The molecular formula is C15H15ClO4. The topological polar surface area (TPSA) is 64.3 Å². The zero-order valence-electron chi connectivity index (χ0n) is 11.3. The highest BCUT2D eigenvalue weighted by atomic mass is 35.5. The number of furan rings is 1. The second kappa shape index (κ2) is 5.37. The molecule has 106 valence electrons. The van der Waals surface area contributed by atoms with Crippen molar-refractivity contribution in [2.24, 2.45) is 11.3 Å². The van der Waals surface area contributed by atoms with E-state index in [4.69, 9.17) is 16.0 Å². The largest absolute Gasteiger partial charge is 0.465 e. The first kappa shape index (κ1) is 14.7. The molecule has 0 spiro atoms. The molecule has 2 atom stereocenters. The van der Waals surface area contributed by atoms with Gasteiger partial charge in [-0.1, -0.05) is 13.8 Å². The van der Waals surface area contributed by atoms with E-state index in [1.165, 1.54) is 18.4 Å². The van der Waals surface area contributed by atoms with Crippen molar-refractivity contribution < 1.29 is 18.8 Å². The molecule has 0 aliphatic heterocycles. The van der Waals surface area contributed by atoms with Crippen LogP contribution in [-0.4, -0.2) is 22.7 Å². The van der Waals surface area contributed by atoms with Crippen LogP contribution in [0.15, 0.2) is 28.9 Å². The van der Waals surface area contributed by atoms with E-state index in [0.717, 1.165) is 0 Å². The van der Waals surface area contributed by atoms with Crippen LogP contribution >= 0.6 is 11.6 Å². The molecule has 1 aliphatic rings. The zero-order valence-corrected chi connectivity index (χ0v) is 12.0. The van der Waals surface area contributed by atoms with Crippen LogP contribution in [0.3, 0.4) is 0 Å². The number of alkyl halides is 1. The zero-order chi connectivity index (χ0) is 14.9. The summed E-state index contributed by atoms with van der Waals surface area (Å²) >= 11 is 6.07. The molecule has 1 aromatic heterocycles. The van der Waals surface area contributed by atoms with E-state index in [1.807, 2.05) is 0 Å². The molecule has 20 heavy (non-hydrogen) atoms. The first-order chi connectivity index (χ1) is 9.33. The van der Waals surface area contributed by atoms with Crippen LogP contribution in [-0.2, 0) is 14.4 Å². The molecule has 1 heterocycles. The molecule has 0 N–H and O–H groups in total. The van der Waals surface area contributed by atoms with Gasteiger partial charge < -0.3 is 4.42 Å². The minimum atomic E-state index is -1.28. The predicted octanol–water partition coefficient (Wildman–Crippen LogP) is 2.65. The van der Waals surface area contributed by atoms with Crippen molar-refractivity contribution in [1.82, 2.24) is 0 Å². The number of Topliss-reactive ketones (excluding diaryl/α,β-unsaturated/α-hetero) is 2.